The molecule has 1 aliphatic heterocycles. The van der Waals surface area contributed by atoms with E-state index >= 15 is 0 Å². The van der Waals surface area contributed by atoms with Gasteiger partial charge in [-0.25, -0.2) is 4.39 Å². The maximum Gasteiger partial charge on any atom is 0.131 e. The Bertz CT molecular complexity index is 478. The summed E-state index contributed by atoms with van der Waals surface area (Å²) in [5, 5.41) is 0. The summed E-state index contributed by atoms with van der Waals surface area (Å²) in [5.41, 5.74) is 1.09. The number of hydrogen-bond acceptors (Lipinski definition) is 2. The first-order chi connectivity index (χ1) is 9.56. The van der Waals surface area contributed by atoms with Gasteiger partial charge in [-0.3, -0.25) is 9.69 Å². The lowest BCUT2D eigenvalue weighted by Crippen LogP contribution is -2.35. The van der Waals surface area contributed by atoms with Gasteiger partial charge in [0.15, 0.2) is 0 Å². The number of benzene rings is 1. The first-order valence-corrected chi connectivity index (χ1v) is 8.03. The number of Topliss-reactive ketones (excluding diaryl/α,β-unsaturated/α-hetero) is 1. The summed E-state index contributed by atoms with van der Waals surface area (Å²) < 4.78 is 14.0. The van der Waals surface area contributed by atoms with Crippen molar-refractivity contribution < 1.29 is 9.18 Å². The zero-order chi connectivity index (χ0) is 14.5. The molecule has 2 rings (SSSR count). The molecule has 0 spiro atoms. The fourth-order valence-corrected chi connectivity index (χ4v) is 3.35. The molecule has 0 radical (unpaired) electrons. The fraction of sp³-hybridized carbons (Fsp3) is 0.562. The second-order valence-corrected chi connectivity index (χ2v) is 6.47. The lowest BCUT2D eigenvalue weighted by atomic mass is 10.0. The monoisotopic (exact) mass is 341 g/mol. The van der Waals surface area contributed by atoms with Crippen LogP contribution in [0.25, 0.3) is 0 Å². The van der Waals surface area contributed by atoms with Crippen LogP contribution in [0.4, 0.5) is 4.39 Å². The van der Waals surface area contributed by atoms with Gasteiger partial charge in [0.1, 0.15) is 11.6 Å². The van der Waals surface area contributed by atoms with Crippen LogP contribution in [-0.2, 0) is 11.3 Å². The highest BCUT2D eigenvalue weighted by Crippen LogP contribution is 2.25. The Morgan fingerprint density at radius 2 is 2.20 bits per heavy atom. The smallest absolute Gasteiger partial charge is 0.131 e. The summed E-state index contributed by atoms with van der Waals surface area (Å²) in [6.07, 6.45) is 5.30. The van der Waals surface area contributed by atoms with Gasteiger partial charge in [0, 0.05) is 23.5 Å². The van der Waals surface area contributed by atoms with Crippen molar-refractivity contribution in [2.45, 2.75) is 51.6 Å². The number of ketones is 1. The van der Waals surface area contributed by atoms with Crippen LogP contribution in [0.2, 0.25) is 0 Å². The highest BCUT2D eigenvalue weighted by Gasteiger charge is 2.22. The summed E-state index contributed by atoms with van der Waals surface area (Å²) in [4.78, 5) is 13.8. The fourth-order valence-electron chi connectivity index (χ4n) is 2.88. The van der Waals surface area contributed by atoms with E-state index in [9.17, 15) is 9.18 Å². The maximum absolute atomic E-state index is 13.2. The average Bonchev–Trinajstić information content (AvgIpc) is 2.58. The van der Waals surface area contributed by atoms with Crippen molar-refractivity contribution in [3.05, 3.63) is 34.1 Å². The molecule has 110 valence electrons. The molecule has 1 aromatic carbocycles. The van der Waals surface area contributed by atoms with Crippen LogP contribution in [-0.4, -0.2) is 23.3 Å². The van der Waals surface area contributed by atoms with Crippen molar-refractivity contribution in [2.75, 3.05) is 6.54 Å². The highest BCUT2D eigenvalue weighted by atomic mass is 79.9. The number of halogens is 2. The van der Waals surface area contributed by atoms with Gasteiger partial charge in [-0.1, -0.05) is 34.8 Å². The zero-order valence-corrected chi connectivity index (χ0v) is 13.5. The summed E-state index contributed by atoms with van der Waals surface area (Å²) in [7, 11) is 0. The molecular formula is C16H21BrFNO. The lowest BCUT2D eigenvalue weighted by molar-refractivity contribution is -0.118. The SMILES string of the molecule is CC(=O)CC1CCCCCN1Cc1ccc(F)cc1Br. The second-order valence-electron chi connectivity index (χ2n) is 5.62. The molecule has 0 saturated carbocycles. The number of nitrogens with zero attached hydrogens (tertiary/aromatic N) is 1. The van der Waals surface area contributed by atoms with Crippen molar-refractivity contribution >= 4 is 21.7 Å². The molecule has 1 aliphatic rings. The van der Waals surface area contributed by atoms with E-state index in [4.69, 9.17) is 0 Å². The Labute approximate surface area is 128 Å². The first kappa shape index (κ1) is 15.6. The Morgan fingerprint density at radius 3 is 2.90 bits per heavy atom. The topological polar surface area (TPSA) is 20.3 Å². The van der Waals surface area contributed by atoms with Crippen LogP contribution in [0, 0.1) is 5.82 Å². The zero-order valence-electron chi connectivity index (χ0n) is 11.9. The van der Waals surface area contributed by atoms with Crippen LogP contribution in [0.5, 0.6) is 0 Å². The standard InChI is InChI=1S/C16H21BrFNO/c1-12(20)9-15-5-3-2-4-8-19(15)11-13-6-7-14(18)10-16(13)17/h6-7,10,15H,2-5,8-9,11H2,1H3. The molecule has 4 heteroatoms. The number of likely N-dealkylation sites (tertiary alicyclic amines) is 1. The van der Waals surface area contributed by atoms with Crippen molar-refractivity contribution in [1.29, 1.82) is 0 Å². The minimum absolute atomic E-state index is 0.225. The van der Waals surface area contributed by atoms with E-state index in [0.717, 1.165) is 29.5 Å². The number of rotatable bonds is 4. The second kappa shape index (κ2) is 7.32. The van der Waals surface area contributed by atoms with Crippen LogP contribution < -0.4 is 0 Å². The summed E-state index contributed by atoms with van der Waals surface area (Å²) in [6, 6.07) is 5.16. The van der Waals surface area contributed by atoms with E-state index in [-0.39, 0.29) is 11.6 Å². The molecule has 1 heterocycles. The highest BCUT2D eigenvalue weighted by molar-refractivity contribution is 9.10. The molecule has 0 bridgehead atoms. The number of carbonyl (C=O) groups is 1. The first-order valence-electron chi connectivity index (χ1n) is 7.23. The average molecular weight is 342 g/mol. The van der Waals surface area contributed by atoms with E-state index < -0.39 is 0 Å². The van der Waals surface area contributed by atoms with Crippen LogP contribution in [0.15, 0.2) is 22.7 Å². The quantitative estimate of drug-likeness (QED) is 0.813. The van der Waals surface area contributed by atoms with Gasteiger partial charge in [0.25, 0.3) is 0 Å². The van der Waals surface area contributed by atoms with Gasteiger partial charge in [-0.2, -0.15) is 0 Å². The van der Waals surface area contributed by atoms with Gasteiger partial charge in [-0.05, 0) is 44.0 Å². The Morgan fingerprint density at radius 1 is 1.40 bits per heavy atom. The Kier molecular flexibility index (Phi) is 5.73. The molecule has 1 fully saturated rings. The van der Waals surface area contributed by atoms with Crippen molar-refractivity contribution in [3.8, 4) is 0 Å². The molecule has 1 unspecified atom stereocenters. The summed E-state index contributed by atoms with van der Waals surface area (Å²) >= 11 is 3.43. The predicted octanol–water partition coefficient (Wildman–Crippen LogP) is 4.31. The van der Waals surface area contributed by atoms with Crippen molar-refractivity contribution in [1.82, 2.24) is 4.90 Å². The van der Waals surface area contributed by atoms with Crippen LogP contribution in [0.3, 0.4) is 0 Å². The minimum Gasteiger partial charge on any atom is -0.300 e. The normalized spacial score (nSPS) is 20.6. The molecule has 0 N–H and O–H groups in total. The van der Waals surface area contributed by atoms with E-state index in [1.807, 2.05) is 6.07 Å². The predicted molar refractivity (Wildman–Crippen MR) is 82.1 cm³/mol. The van der Waals surface area contributed by atoms with E-state index in [0.29, 0.717) is 12.5 Å². The third kappa shape index (κ3) is 4.38. The van der Waals surface area contributed by atoms with E-state index in [1.54, 1.807) is 6.92 Å². The number of hydrogen-bond donors (Lipinski definition) is 0. The van der Waals surface area contributed by atoms with Gasteiger partial charge >= 0.3 is 0 Å². The maximum atomic E-state index is 13.2. The molecule has 20 heavy (non-hydrogen) atoms. The van der Waals surface area contributed by atoms with Gasteiger partial charge < -0.3 is 0 Å². The van der Waals surface area contributed by atoms with Crippen LogP contribution >= 0.6 is 15.9 Å². The molecule has 0 amide bonds. The summed E-state index contributed by atoms with van der Waals surface area (Å²) in [6.45, 7) is 3.46. The molecular weight excluding hydrogens is 321 g/mol. The number of carbonyl (C=O) groups excluding carboxylic acids is 1. The van der Waals surface area contributed by atoms with E-state index in [2.05, 4.69) is 20.8 Å². The third-order valence-corrected chi connectivity index (χ3v) is 4.65. The van der Waals surface area contributed by atoms with Crippen molar-refractivity contribution in [2.24, 2.45) is 0 Å². The van der Waals surface area contributed by atoms with Crippen LogP contribution in [0.1, 0.15) is 44.6 Å². The molecule has 1 saturated heterocycles. The Balaban J connectivity index is 2.12. The van der Waals surface area contributed by atoms with Gasteiger partial charge in [-0.15, -0.1) is 0 Å². The molecule has 0 aromatic heterocycles. The van der Waals surface area contributed by atoms with Crippen molar-refractivity contribution in [3.63, 3.8) is 0 Å². The summed E-state index contributed by atoms with van der Waals surface area (Å²) in [5.74, 6) is 0.0249. The van der Waals surface area contributed by atoms with E-state index in [1.165, 1.54) is 31.4 Å². The van der Waals surface area contributed by atoms with Gasteiger partial charge in [0.2, 0.25) is 0 Å². The molecule has 1 atom stereocenters. The molecule has 1 aromatic rings. The minimum atomic E-state index is -0.225. The van der Waals surface area contributed by atoms with Gasteiger partial charge in [0.05, 0.1) is 0 Å². The molecule has 0 aliphatic carbocycles. The molecule has 2 nitrogen and oxygen atoms in total. The Hall–Kier alpha value is -0.740. The third-order valence-electron chi connectivity index (χ3n) is 3.91. The largest absolute Gasteiger partial charge is 0.300 e. The lowest BCUT2D eigenvalue weighted by Gasteiger charge is -2.29.